The summed E-state index contributed by atoms with van der Waals surface area (Å²) >= 11 is 0. The molecule has 8 heteroatoms. The number of hydrogen-bond acceptors (Lipinski definition) is 4. The predicted molar refractivity (Wildman–Crippen MR) is 11.9 cm³/mol. The minimum atomic E-state index is -5.08. The Bertz CT molecular complexity index is 118. The van der Waals surface area contributed by atoms with Crippen LogP contribution in [0.2, 0.25) is 0 Å². The van der Waals surface area contributed by atoms with Gasteiger partial charge in [0.1, 0.15) is 0 Å². The van der Waals surface area contributed by atoms with Crippen LogP contribution in [-0.2, 0) is 31.9 Å². The quantitative estimate of drug-likeness (QED) is 0.236. The summed E-state index contributed by atoms with van der Waals surface area (Å²) in [5, 5.41) is 0. The fraction of sp³-hybridized carbons (Fsp3) is 0. The molecule has 0 aromatic carbocycles. The Hall–Kier alpha value is 0.917. The molecule has 0 aliphatic carbocycles. The second-order valence-corrected chi connectivity index (χ2v) is 1.41. The average molecular weight is 178 g/mol. The Labute approximate surface area is 68.3 Å². The first kappa shape index (κ1) is 16.0. The van der Waals surface area contributed by atoms with E-state index in [-0.39, 0.29) is 35.9 Å². The van der Waals surface area contributed by atoms with Crippen molar-refractivity contribution >= 4 is 10.4 Å². The fourth-order valence-electron chi connectivity index (χ4n) is 0. The van der Waals surface area contributed by atoms with E-state index in [4.69, 9.17) is 13.0 Å². The van der Waals surface area contributed by atoms with Crippen LogP contribution < -0.4 is 18.9 Å². The molecular formula is FFeLiO4S. The topological polar surface area (TPSA) is 66.4 Å². The molecule has 0 radical (unpaired) electrons. The van der Waals surface area contributed by atoms with Crippen molar-refractivity contribution in [2.75, 3.05) is 0 Å². The molecule has 0 rings (SSSR count). The molecule has 0 aromatic rings. The van der Waals surface area contributed by atoms with Crippen molar-refractivity contribution in [2.24, 2.45) is 0 Å². The molecule has 0 aliphatic heterocycles. The van der Waals surface area contributed by atoms with Gasteiger partial charge in [0.05, 0.1) is 0 Å². The molecule has 8 heavy (non-hydrogen) atoms. The van der Waals surface area contributed by atoms with Crippen molar-refractivity contribution in [3.05, 3.63) is 0 Å². The third-order valence-corrected chi connectivity index (χ3v) is 0.231. The first-order valence-electron chi connectivity index (χ1n) is 0.821. The molecule has 4 nitrogen and oxygen atoms in total. The van der Waals surface area contributed by atoms with E-state index in [0.717, 1.165) is 0 Å². The van der Waals surface area contributed by atoms with Gasteiger partial charge in [-0.05, 0) is 4.53 Å². The number of halogens is 1. The molecule has 0 N–H and O–H groups in total. The maximum Gasteiger partial charge on any atom is 1.00 e. The van der Waals surface area contributed by atoms with Gasteiger partial charge < -0.3 is 4.55 Å². The number of hydrogen-bond donors (Lipinski definition) is 0. The Morgan fingerprint density at radius 3 is 1.62 bits per heavy atom. The van der Waals surface area contributed by atoms with E-state index >= 15 is 0 Å². The molecule has 0 spiro atoms. The van der Waals surface area contributed by atoms with E-state index in [1.165, 1.54) is 0 Å². The van der Waals surface area contributed by atoms with Crippen LogP contribution >= 0.6 is 0 Å². The normalized spacial score (nSPS) is 8.75. The predicted octanol–water partition coefficient (Wildman–Crippen LogP) is -3.65. The largest absolute Gasteiger partial charge is 1.00 e. The molecule has 0 saturated heterocycles. The summed E-state index contributed by atoms with van der Waals surface area (Å²) < 4.78 is 38.5. The molecule has 46 valence electrons. The van der Waals surface area contributed by atoms with Crippen molar-refractivity contribution in [3.8, 4) is 0 Å². The van der Waals surface area contributed by atoms with Crippen molar-refractivity contribution in [1.29, 1.82) is 0 Å². The Morgan fingerprint density at radius 2 is 1.62 bits per heavy atom. The van der Waals surface area contributed by atoms with E-state index in [2.05, 4.69) is 0 Å². The van der Waals surface area contributed by atoms with Crippen LogP contribution in [0.3, 0.4) is 0 Å². The Kier molecular flexibility index (Phi) is 12.1. The van der Waals surface area contributed by atoms with Crippen LogP contribution in [0, 0.1) is 0 Å². The van der Waals surface area contributed by atoms with Gasteiger partial charge in [-0.25, -0.2) is 8.42 Å². The van der Waals surface area contributed by atoms with E-state index < -0.39 is 10.4 Å². The Balaban J connectivity index is -0.000000125. The van der Waals surface area contributed by atoms with Crippen molar-refractivity contribution in [2.45, 2.75) is 0 Å². The zero-order chi connectivity index (χ0) is 5.21. The average Bonchev–Trinajstić information content (AvgIpc) is 1.35. The van der Waals surface area contributed by atoms with Gasteiger partial charge in [0.25, 0.3) is 0 Å². The molecule has 0 aromatic heterocycles. The molecule has 0 aliphatic rings. The Morgan fingerprint density at radius 1 is 1.50 bits per heavy atom. The second kappa shape index (κ2) is 6.04. The molecule has 0 heterocycles. The van der Waals surface area contributed by atoms with Gasteiger partial charge in [-0.15, -0.1) is 0 Å². The zero-order valence-corrected chi connectivity index (χ0v) is 5.69. The van der Waals surface area contributed by atoms with Gasteiger partial charge >= 0.3 is 18.9 Å². The van der Waals surface area contributed by atoms with E-state index in [1.807, 2.05) is 4.39 Å². The summed E-state index contributed by atoms with van der Waals surface area (Å²) in [6.07, 6.45) is 0. The molecular weight excluding hydrogens is 178 g/mol. The molecule has 0 fully saturated rings. The summed E-state index contributed by atoms with van der Waals surface area (Å²) in [4.78, 5) is 0. The van der Waals surface area contributed by atoms with E-state index in [9.17, 15) is 4.53 Å². The monoisotopic (exact) mass is 178 g/mol. The molecule has 0 amide bonds. The van der Waals surface area contributed by atoms with Gasteiger partial charge in [-0.1, -0.05) is 4.39 Å². The molecule has 0 atom stereocenters. The van der Waals surface area contributed by atoms with Gasteiger partial charge in [0.15, 0.2) is 0 Å². The zero-order valence-electron chi connectivity index (χ0n) is 3.77. The third-order valence-electron chi connectivity index (χ3n) is 0.0772. The van der Waals surface area contributed by atoms with Crippen molar-refractivity contribution in [1.82, 2.24) is 0 Å². The van der Waals surface area contributed by atoms with Crippen LogP contribution in [-0.4, -0.2) is 13.0 Å². The summed E-state index contributed by atoms with van der Waals surface area (Å²) in [7, 11) is -5.08. The second-order valence-electron chi connectivity index (χ2n) is 0.471. The summed E-state index contributed by atoms with van der Waals surface area (Å²) in [5.41, 5.74) is 0. The van der Waals surface area contributed by atoms with Gasteiger partial charge in [0.2, 0.25) is 10.4 Å². The first-order valence-corrected chi connectivity index (χ1v) is 2.15. The molecule has 0 unspecified atom stereocenters. The van der Waals surface area contributed by atoms with Gasteiger partial charge in [0, 0.05) is 17.1 Å². The standard InChI is InChI=1S/FHO4S.Fe.Li/c1-5-6(2,3)4;;/h(H,2,3,4);;/q;;+1/p-1. The maximum atomic E-state index is 10.1. The summed E-state index contributed by atoms with van der Waals surface area (Å²) in [6, 6.07) is 0. The van der Waals surface area contributed by atoms with Crippen LogP contribution in [0.25, 0.3) is 0 Å². The number of rotatable bonds is 1. The van der Waals surface area contributed by atoms with Crippen molar-refractivity contribution in [3.63, 3.8) is 0 Å². The summed E-state index contributed by atoms with van der Waals surface area (Å²) in [6.45, 7) is 0. The van der Waals surface area contributed by atoms with Crippen LogP contribution in [0.15, 0.2) is 0 Å². The van der Waals surface area contributed by atoms with Crippen molar-refractivity contribution < 1.29 is 57.8 Å². The fourth-order valence-corrected chi connectivity index (χ4v) is 0. The van der Waals surface area contributed by atoms with Gasteiger partial charge in [-0.2, -0.15) is 0 Å². The van der Waals surface area contributed by atoms with Gasteiger partial charge in [-0.3, -0.25) is 0 Å². The third kappa shape index (κ3) is 15.8. The smallest absolute Gasteiger partial charge is 0.724 e. The van der Waals surface area contributed by atoms with E-state index in [1.54, 1.807) is 0 Å². The van der Waals surface area contributed by atoms with Crippen LogP contribution in [0.5, 0.6) is 0 Å². The maximum absolute atomic E-state index is 10.1. The SMILES string of the molecule is O=S(=O)([O-])OF.[Fe].[Li+]. The first-order chi connectivity index (χ1) is 2.56. The molecule has 0 saturated carbocycles. The minimum absolute atomic E-state index is 0. The van der Waals surface area contributed by atoms with E-state index in [0.29, 0.717) is 0 Å². The van der Waals surface area contributed by atoms with Crippen LogP contribution in [0.4, 0.5) is 4.53 Å². The van der Waals surface area contributed by atoms with Crippen LogP contribution in [0.1, 0.15) is 0 Å². The molecule has 0 bridgehead atoms. The summed E-state index contributed by atoms with van der Waals surface area (Å²) in [5.74, 6) is 0. The minimum Gasteiger partial charge on any atom is -0.724 e.